The lowest BCUT2D eigenvalue weighted by atomic mass is 10.0. The van der Waals surface area contributed by atoms with Crippen LogP contribution in [0.4, 0.5) is 4.39 Å². The van der Waals surface area contributed by atoms with E-state index >= 15 is 0 Å². The standard InChI is InChI=1S/C11H14FNO/c1-8(14)2-3-9-6-11(12)5-4-10(9)7-13/h4-6H,2-3,7,13H2,1H3. The first kappa shape index (κ1) is 10.9. The number of rotatable bonds is 4. The van der Waals surface area contributed by atoms with Crippen LogP contribution in [0.15, 0.2) is 18.2 Å². The number of aryl methyl sites for hydroxylation is 1. The normalized spacial score (nSPS) is 10.2. The van der Waals surface area contributed by atoms with Crippen LogP contribution >= 0.6 is 0 Å². The third-order valence-corrected chi connectivity index (χ3v) is 2.13. The van der Waals surface area contributed by atoms with Crippen molar-refractivity contribution in [2.45, 2.75) is 26.3 Å². The van der Waals surface area contributed by atoms with E-state index in [0.29, 0.717) is 19.4 Å². The summed E-state index contributed by atoms with van der Waals surface area (Å²) in [5, 5.41) is 0. The molecule has 76 valence electrons. The Morgan fingerprint density at radius 3 is 2.71 bits per heavy atom. The van der Waals surface area contributed by atoms with Gasteiger partial charge in [-0.3, -0.25) is 0 Å². The fourth-order valence-electron chi connectivity index (χ4n) is 1.34. The molecule has 2 nitrogen and oxygen atoms in total. The third kappa shape index (κ3) is 2.92. The van der Waals surface area contributed by atoms with Crippen molar-refractivity contribution in [3.8, 4) is 0 Å². The van der Waals surface area contributed by atoms with Gasteiger partial charge in [0.1, 0.15) is 11.6 Å². The van der Waals surface area contributed by atoms with E-state index in [-0.39, 0.29) is 11.6 Å². The Morgan fingerprint density at radius 1 is 1.43 bits per heavy atom. The molecule has 0 fully saturated rings. The average Bonchev–Trinajstić information content (AvgIpc) is 2.15. The largest absolute Gasteiger partial charge is 0.326 e. The molecule has 0 spiro atoms. The summed E-state index contributed by atoms with van der Waals surface area (Å²) in [6, 6.07) is 4.51. The number of carbonyl (C=O) groups excluding carboxylic acids is 1. The molecule has 14 heavy (non-hydrogen) atoms. The highest BCUT2D eigenvalue weighted by molar-refractivity contribution is 5.75. The van der Waals surface area contributed by atoms with Gasteiger partial charge < -0.3 is 10.5 Å². The molecule has 0 aliphatic heterocycles. The van der Waals surface area contributed by atoms with Crippen molar-refractivity contribution in [2.24, 2.45) is 5.73 Å². The summed E-state index contributed by atoms with van der Waals surface area (Å²) in [6.07, 6.45) is 1.01. The molecule has 1 aromatic rings. The number of ketones is 1. The monoisotopic (exact) mass is 195 g/mol. The Morgan fingerprint density at radius 2 is 2.14 bits per heavy atom. The van der Waals surface area contributed by atoms with Crippen LogP contribution in [0.5, 0.6) is 0 Å². The number of nitrogens with two attached hydrogens (primary N) is 1. The van der Waals surface area contributed by atoms with Gasteiger partial charge in [0, 0.05) is 13.0 Å². The first-order chi connectivity index (χ1) is 6.63. The summed E-state index contributed by atoms with van der Waals surface area (Å²) in [4.78, 5) is 10.8. The summed E-state index contributed by atoms with van der Waals surface area (Å²) in [6.45, 7) is 1.91. The van der Waals surface area contributed by atoms with Gasteiger partial charge in [-0.05, 0) is 36.6 Å². The van der Waals surface area contributed by atoms with Gasteiger partial charge >= 0.3 is 0 Å². The minimum atomic E-state index is -0.277. The number of Topliss-reactive ketones (excluding diaryl/α,β-unsaturated/α-hetero) is 1. The van der Waals surface area contributed by atoms with Gasteiger partial charge in [0.2, 0.25) is 0 Å². The second kappa shape index (κ2) is 4.86. The molecule has 0 aromatic heterocycles. The highest BCUT2D eigenvalue weighted by Crippen LogP contribution is 2.13. The molecule has 0 radical (unpaired) electrons. The predicted molar refractivity (Wildman–Crippen MR) is 53.3 cm³/mol. The van der Waals surface area contributed by atoms with Crippen molar-refractivity contribution < 1.29 is 9.18 Å². The third-order valence-electron chi connectivity index (χ3n) is 2.13. The summed E-state index contributed by atoms with van der Waals surface area (Å²) in [5.41, 5.74) is 7.25. The van der Waals surface area contributed by atoms with Gasteiger partial charge in [0.15, 0.2) is 0 Å². The predicted octanol–water partition coefficient (Wildman–Crippen LogP) is 1.81. The Kier molecular flexibility index (Phi) is 3.77. The Labute approximate surface area is 82.9 Å². The van der Waals surface area contributed by atoms with Crippen molar-refractivity contribution in [1.29, 1.82) is 0 Å². The molecule has 0 atom stereocenters. The van der Waals surface area contributed by atoms with Gasteiger partial charge in [-0.25, -0.2) is 4.39 Å². The molecule has 0 aliphatic carbocycles. The van der Waals surface area contributed by atoms with Crippen LogP contribution in [-0.2, 0) is 17.8 Å². The van der Waals surface area contributed by atoms with E-state index in [2.05, 4.69) is 0 Å². The minimum absolute atomic E-state index is 0.109. The summed E-state index contributed by atoms with van der Waals surface area (Å²) in [5.74, 6) is -0.169. The van der Waals surface area contributed by atoms with Gasteiger partial charge in [-0.1, -0.05) is 6.07 Å². The molecule has 3 heteroatoms. The minimum Gasteiger partial charge on any atom is -0.326 e. The molecule has 0 aliphatic rings. The van der Waals surface area contributed by atoms with Crippen molar-refractivity contribution in [3.63, 3.8) is 0 Å². The van der Waals surface area contributed by atoms with E-state index in [9.17, 15) is 9.18 Å². The van der Waals surface area contributed by atoms with Crippen LogP contribution in [0.1, 0.15) is 24.5 Å². The molecule has 0 saturated heterocycles. The molecule has 1 aromatic carbocycles. The number of halogens is 1. The Balaban J connectivity index is 2.82. The lowest BCUT2D eigenvalue weighted by Crippen LogP contribution is -2.04. The van der Waals surface area contributed by atoms with Crippen molar-refractivity contribution in [3.05, 3.63) is 35.1 Å². The summed E-state index contributed by atoms with van der Waals surface area (Å²) in [7, 11) is 0. The first-order valence-electron chi connectivity index (χ1n) is 4.60. The van der Waals surface area contributed by atoms with E-state index in [1.807, 2.05) is 0 Å². The maximum absolute atomic E-state index is 12.9. The molecule has 0 unspecified atom stereocenters. The number of hydrogen-bond acceptors (Lipinski definition) is 2. The number of hydrogen-bond donors (Lipinski definition) is 1. The maximum atomic E-state index is 12.9. The van der Waals surface area contributed by atoms with Crippen LogP contribution in [0.25, 0.3) is 0 Å². The van der Waals surface area contributed by atoms with Crippen LogP contribution in [0, 0.1) is 5.82 Å². The second-order valence-corrected chi connectivity index (χ2v) is 3.32. The smallest absolute Gasteiger partial charge is 0.130 e. The van der Waals surface area contributed by atoms with E-state index < -0.39 is 0 Å². The SMILES string of the molecule is CC(=O)CCc1cc(F)ccc1CN. The molecule has 0 bridgehead atoms. The average molecular weight is 195 g/mol. The molecule has 1 rings (SSSR count). The van der Waals surface area contributed by atoms with Crippen molar-refractivity contribution in [1.82, 2.24) is 0 Å². The maximum Gasteiger partial charge on any atom is 0.130 e. The van der Waals surface area contributed by atoms with E-state index in [4.69, 9.17) is 5.73 Å². The van der Waals surface area contributed by atoms with Crippen LogP contribution < -0.4 is 5.73 Å². The van der Waals surface area contributed by atoms with Crippen LogP contribution in [0.2, 0.25) is 0 Å². The second-order valence-electron chi connectivity index (χ2n) is 3.32. The molecule has 0 amide bonds. The lowest BCUT2D eigenvalue weighted by molar-refractivity contribution is -0.116. The molecule has 0 saturated carbocycles. The van der Waals surface area contributed by atoms with E-state index in [1.54, 1.807) is 6.07 Å². The van der Waals surface area contributed by atoms with Gasteiger partial charge in [-0.2, -0.15) is 0 Å². The number of benzene rings is 1. The zero-order valence-electron chi connectivity index (χ0n) is 8.22. The Bertz CT molecular complexity index is 336. The fourth-order valence-corrected chi connectivity index (χ4v) is 1.34. The van der Waals surface area contributed by atoms with Crippen LogP contribution in [0.3, 0.4) is 0 Å². The molecule has 0 heterocycles. The van der Waals surface area contributed by atoms with E-state index in [0.717, 1.165) is 11.1 Å². The Hall–Kier alpha value is -1.22. The highest BCUT2D eigenvalue weighted by Gasteiger charge is 2.04. The van der Waals surface area contributed by atoms with Crippen molar-refractivity contribution >= 4 is 5.78 Å². The number of carbonyl (C=O) groups is 1. The highest BCUT2D eigenvalue weighted by atomic mass is 19.1. The molecule has 2 N–H and O–H groups in total. The van der Waals surface area contributed by atoms with Gasteiger partial charge in [-0.15, -0.1) is 0 Å². The fraction of sp³-hybridized carbons (Fsp3) is 0.364. The van der Waals surface area contributed by atoms with Gasteiger partial charge in [0.25, 0.3) is 0 Å². The zero-order valence-corrected chi connectivity index (χ0v) is 8.22. The first-order valence-corrected chi connectivity index (χ1v) is 4.60. The van der Waals surface area contributed by atoms with Gasteiger partial charge in [0.05, 0.1) is 0 Å². The summed E-state index contributed by atoms with van der Waals surface area (Å²) >= 11 is 0. The topological polar surface area (TPSA) is 43.1 Å². The zero-order chi connectivity index (χ0) is 10.6. The van der Waals surface area contributed by atoms with Crippen molar-refractivity contribution in [2.75, 3.05) is 0 Å². The molecular weight excluding hydrogens is 181 g/mol. The summed E-state index contributed by atoms with van der Waals surface area (Å²) < 4.78 is 12.9. The quantitative estimate of drug-likeness (QED) is 0.796. The lowest BCUT2D eigenvalue weighted by Gasteiger charge is -2.06. The molecular formula is C11H14FNO. The van der Waals surface area contributed by atoms with E-state index in [1.165, 1.54) is 19.1 Å². The van der Waals surface area contributed by atoms with Crippen LogP contribution in [-0.4, -0.2) is 5.78 Å².